The molecule has 1 aliphatic heterocycles. The largest absolute Gasteiger partial charge is 0.455 e. The molecule has 1 saturated carbocycles. The number of nitrogens with zero attached hydrogens (tertiary/aromatic N) is 1. The minimum Gasteiger partial charge on any atom is -0.455 e. The molecule has 3 rings (SSSR count). The molecule has 154 valence electrons. The van der Waals surface area contributed by atoms with Crippen LogP contribution in [0.25, 0.3) is 0 Å². The third kappa shape index (κ3) is 5.08. The van der Waals surface area contributed by atoms with E-state index in [1.165, 1.54) is 6.42 Å². The Kier molecular flexibility index (Phi) is 6.66. The number of esters is 1. The van der Waals surface area contributed by atoms with Crippen LogP contribution in [-0.2, 0) is 24.3 Å². The van der Waals surface area contributed by atoms with Crippen LogP contribution in [0.4, 0.5) is 4.39 Å². The maximum atomic E-state index is 12.9. The standard InChI is InChI=1S/C19H25FN2O5S/c20-15-7-9-16(10-8-15)28(25,26)21-12-19(24)27-13-18(23)22-11-3-5-14-4-1-2-6-17(14)22/h7-10,14,17,21H,1-6,11-13H2/t14-,17-/m1/s1. The molecule has 0 aromatic heterocycles. The molecule has 0 bridgehead atoms. The molecule has 0 spiro atoms. The van der Waals surface area contributed by atoms with E-state index < -0.39 is 28.4 Å². The monoisotopic (exact) mass is 412 g/mol. The van der Waals surface area contributed by atoms with Crippen LogP contribution in [0.5, 0.6) is 0 Å². The van der Waals surface area contributed by atoms with Crippen LogP contribution in [0.15, 0.2) is 29.2 Å². The van der Waals surface area contributed by atoms with Crippen LogP contribution in [0.1, 0.15) is 38.5 Å². The molecule has 2 fully saturated rings. The number of carbonyl (C=O) groups excluding carboxylic acids is 2. The Morgan fingerprint density at radius 2 is 1.79 bits per heavy atom. The third-order valence-corrected chi connectivity index (χ3v) is 6.87. The minimum atomic E-state index is -3.96. The highest BCUT2D eigenvalue weighted by molar-refractivity contribution is 7.89. The van der Waals surface area contributed by atoms with Gasteiger partial charge in [0, 0.05) is 12.6 Å². The van der Waals surface area contributed by atoms with Crippen LogP contribution >= 0.6 is 0 Å². The summed E-state index contributed by atoms with van der Waals surface area (Å²) in [5.74, 6) is -1.10. The fourth-order valence-electron chi connectivity index (χ4n) is 4.06. The molecule has 1 aromatic carbocycles. The molecular formula is C19H25FN2O5S. The summed E-state index contributed by atoms with van der Waals surface area (Å²) in [6.07, 6.45) is 6.53. The Hall–Kier alpha value is -2.00. The van der Waals surface area contributed by atoms with Crippen molar-refractivity contribution in [3.63, 3.8) is 0 Å². The first-order chi connectivity index (χ1) is 13.4. The van der Waals surface area contributed by atoms with E-state index in [2.05, 4.69) is 4.72 Å². The lowest BCUT2D eigenvalue weighted by molar-refractivity contribution is -0.154. The lowest BCUT2D eigenvalue weighted by Crippen LogP contribution is -2.51. The van der Waals surface area contributed by atoms with E-state index in [4.69, 9.17) is 4.74 Å². The van der Waals surface area contributed by atoms with Gasteiger partial charge in [0.05, 0.1) is 4.90 Å². The molecule has 1 heterocycles. The van der Waals surface area contributed by atoms with Gasteiger partial charge >= 0.3 is 5.97 Å². The van der Waals surface area contributed by atoms with E-state index in [1.54, 1.807) is 0 Å². The molecule has 28 heavy (non-hydrogen) atoms. The number of fused-ring (bicyclic) bond motifs is 1. The van der Waals surface area contributed by atoms with Gasteiger partial charge in [0.2, 0.25) is 10.0 Å². The zero-order valence-corrected chi connectivity index (χ0v) is 16.4. The van der Waals surface area contributed by atoms with Gasteiger partial charge in [0.15, 0.2) is 6.61 Å². The Bertz CT molecular complexity index is 810. The molecule has 1 amide bonds. The summed E-state index contributed by atoms with van der Waals surface area (Å²) in [6, 6.07) is 4.46. The number of hydrogen-bond donors (Lipinski definition) is 1. The number of likely N-dealkylation sites (tertiary alicyclic amines) is 1. The van der Waals surface area contributed by atoms with Crippen molar-refractivity contribution in [1.29, 1.82) is 0 Å². The Balaban J connectivity index is 1.47. The first kappa shape index (κ1) is 20.7. The zero-order valence-electron chi connectivity index (χ0n) is 15.6. The number of piperidine rings is 1. The van der Waals surface area contributed by atoms with Gasteiger partial charge in [-0.25, -0.2) is 12.8 Å². The van der Waals surface area contributed by atoms with Crippen molar-refractivity contribution >= 4 is 21.9 Å². The topological polar surface area (TPSA) is 92.8 Å². The van der Waals surface area contributed by atoms with Gasteiger partial charge in [-0.05, 0) is 55.9 Å². The molecule has 7 nitrogen and oxygen atoms in total. The number of halogens is 1. The van der Waals surface area contributed by atoms with Crippen molar-refractivity contribution in [3.8, 4) is 0 Å². The molecule has 1 aliphatic carbocycles. The first-order valence-electron chi connectivity index (χ1n) is 9.57. The summed E-state index contributed by atoms with van der Waals surface area (Å²) in [5.41, 5.74) is 0. The average molecular weight is 412 g/mol. The minimum absolute atomic E-state index is 0.158. The van der Waals surface area contributed by atoms with Crippen LogP contribution in [-0.4, -0.2) is 50.9 Å². The first-order valence-corrected chi connectivity index (χ1v) is 11.1. The highest BCUT2D eigenvalue weighted by Crippen LogP contribution is 2.35. The molecule has 9 heteroatoms. The lowest BCUT2D eigenvalue weighted by atomic mass is 9.78. The van der Waals surface area contributed by atoms with Crippen LogP contribution in [0, 0.1) is 11.7 Å². The predicted octanol–water partition coefficient (Wildman–Crippen LogP) is 1.83. The van der Waals surface area contributed by atoms with Gasteiger partial charge in [-0.1, -0.05) is 12.8 Å². The van der Waals surface area contributed by atoms with E-state index in [1.807, 2.05) is 4.90 Å². The normalized spacial score (nSPS) is 22.4. The van der Waals surface area contributed by atoms with Crippen molar-refractivity contribution < 1.29 is 27.1 Å². The number of rotatable bonds is 6. The second-order valence-electron chi connectivity index (χ2n) is 7.28. The fourth-order valence-corrected chi connectivity index (χ4v) is 5.03. The van der Waals surface area contributed by atoms with E-state index in [9.17, 15) is 22.4 Å². The molecular weight excluding hydrogens is 387 g/mol. The van der Waals surface area contributed by atoms with Crippen LogP contribution in [0.3, 0.4) is 0 Å². The van der Waals surface area contributed by atoms with E-state index in [0.717, 1.165) is 56.4 Å². The van der Waals surface area contributed by atoms with Crippen LogP contribution in [0.2, 0.25) is 0 Å². The summed E-state index contributed by atoms with van der Waals surface area (Å²) < 4.78 is 44.1. The smallest absolute Gasteiger partial charge is 0.321 e. The van der Waals surface area contributed by atoms with Gasteiger partial charge in [-0.15, -0.1) is 0 Å². The van der Waals surface area contributed by atoms with E-state index in [0.29, 0.717) is 12.5 Å². The fraction of sp³-hybridized carbons (Fsp3) is 0.579. The van der Waals surface area contributed by atoms with E-state index in [-0.39, 0.29) is 23.5 Å². The Labute approximate surface area is 164 Å². The second kappa shape index (κ2) is 9.00. The Morgan fingerprint density at radius 1 is 1.11 bits per heavy atom. The predicted molar refractivity (Wildman–Crippen MR) is 99.2 cm³/mol. The second-order valence-corrected chi connectivity index (χ2v) is 9.05. The maximum Gasteiger partial charge on any atom is 0.321 e. The van der Waals surface area contributed by atoms with Crippen molar-refractivity contribution in [3.05, 3.63) is 30.1 Å². The van der Waals surface area contributed by atoms with E-state index >= 15 is 0 Å². The van der Waals surface area contributed by atoms with Gasteiger partial charge in [0.1, 0.15) is 12.4 Å². The lowest BCUT2D eigenvalue weighted by Gasteiger charge is -2.44. The molecule has 1 N–H and O–H groups in total. The number of sulfonamides is 1. The van der Waals surface area contributed by atoms with Gasteiger partial charge < -0.3 is 9.64 Å². The molecule has 2 atom stereocenters. The molecule has 0 radical (unpaired) electrons. The molecule has 1 saturated heterocycles. The average Bonchev–Trinajstić information content (AvgIpc) is 2.70. The van der Waals surface area contributed by atoms with Crippen molar-refractivity contribution in [2.24, 2.45) is 5.92 Å². The van der Waals surface area contributed by atoms with Gasteiger partial charge in [0.25, 0.3) is 5.91 Å². The highest BCUT2D eigenvalue weighted by atomic mass is 32.2. The zero-order chi connectivity index (χ0) is 20.1. The van der Waals surface area contributed by atoms with Gasteiger partial charge in [-0.3, -0.25) is 9.59 Å². The maximum absolute atomic E-state index is 12.9. The van der Waals surface area contributed by atoms with Crippen molar-refractivity contribution in [1.82, 2.24) is 9.62 Å². The quantitative estimate of drug-likeness (QED) is 0.720. The number of nitrogens with one attached hydrogen (secondary N) is 1. The molecule has 2 aliphatic rings. The van der Waals surface area contributed by atoms with Crippen molar-refractivity contribution in [2.45, 2.75) is 49.5 Å². The summed E-state index contributed by atoms with van der Waals surface area (Å²) in [6.45, 7) is -0.311. The molecule has 1 aromatic rings. The van der Waals surface area contributed by atoms with Crippen molar-refractivity contribution in [2.75, 3.05) is 19.7 Å². The number of benzene rings is 1. The number of carbonyl (C=O) groups is 2. The number of ether oxygens (including phenoxy) is 1. The van der Waals surface area contributed by atoms with Crippen LogP contribution < -0.4 is 4.72 Å². The summed E-state index contributed by atoms with van der Waals surface area (Å²) in [7, 11) is -3.96. The summed E-state index contributed by atoms with van der Waals surface area (Å²) in [5, 5.41) is 0. The molecule has 0 unspecified atom stereocenters. The summed E-state index contributed by atoms with van der Waals surface area (Å²) >= 11 is 0. The Morgan fingerprint density at radius 3 is 2.54 bits per heavy atom. The van der Waals surface area contributed by atoms with Gasteiger partial charge in [-0.2, -0.15) is 4.72 Å². The highest BCUT2D eigenvalue weighted by Gasteiger charge is 2.35. The summed E-state index contributed by atoms with van der Waals surface area (Å²) in [4.78, 5) is 26.0. The third-order valence-electron chi connectivity index (χ3n) is 5.45. The number of hydrogen-bond acceptors (Lipinski definition) is 5. The SMILES string of the molecule is O=C(CNS(=O)(=O)c1ccc(F)cc1)OCC(=O)N1CCC[C@H]2CCCC[C@H]21. The number of amides is 1.